The summed E-state index contributed by atoms with van der Waals surface area (Å²) >= 11 is 0. The molecule has 0 N–H and O–H groups in total. The van der Waals surface area contributed by atoms with E-state index in [1.807, 2.05) is 0 Å². The Hall–Kier alpha value is 1.16. The van der Waals surface area contributed by atoms with Crippen LogP contribution >= 0.6 is 33.2 Å². The second kappa shape index (κ2) is 20.5. The van der Waals surface area contributed by atoms with Crippen molar-refractivity contribution in [2.75, 3.05) is 6.16 Å². The zero-order valence-electron chi connectivity index (χ0n) is 12.6. The van der Waals surface area contributed by atoms with Crippen molar-refractivity contribution in [3.05, 3.63) is 0 Å². The maximum absolute atomic E-state index is 2.82. The Labute approximate surface area is 136 Å². The van der Waals surface area contributed by atoms with E-state index in [0.29, 0.717) is 0 Å². The van der Waals surface area contributed by atoms with Crippen LogP contribution in [0, 0.1) is 0 Å². The third-order valence-electron chi connectivity index (χ3n) is 3.56. The number of halogens is 1. The lowest BCUT2D eigenvalue weighted by Gasteiger charge is -2.02. The van der Waals surface area contributed by atoms with Gasteiger partial charge in [-0.15, -0.1) is 33.2 Å². The van der Waals surface area contributed by atoms with Crippen molar-refractivity contribution in [2.24, 2.45) is 0 Å². The maximum Gasteiger partial charge on any atom is -0.0381 e. The molecule has 0 aliphatic heterocycles. The van der Waals surface area contributed by atoms with E-state index in [4.69, 9.17) is 0 Å². The highest BCUT2D eigenvalue weighted by Gasteiger charge is 1.93. The lowest BCUT2D eigenvalue weighted by molar-refractivity contribution is 0.538. The van der Waals surface area contributed by atoms with Gasteiger partial charge in [0.15, 0.2) is 0 Å². The average molecular weight is 386 g/mol. The molecule has 0 amide bonds. The Morgan fingerprint density at radius 3 is 1.06 bits per heavy atom. The minimum atomic E-state index is 0. The molecule has 0 nitrogen and oxygen atoms in total. The maximum atomic E-state index is 2.82. The topological polar surface area (TPSA) is 0 Å². The van der Waals surface area contributed by atoms with Gasteiger partial charge >= 0.3 is 0 Å². The van der Waals surface area contributed by atoms with Crippen LogP contribution in [-0.2, 0) is 0 Å². The van der Waals surface area contributed by atoms with Gasteiger partial charge in [0.25, 0.3) is 0 Å². The third kappa shape index (κ3) is 19.5. The fraction of sp³-hybridized carbons (Fsp3) is 1.00. The quantitative estimate of drug-likeness (QED) is 0.172. The van der Waals surface area contributed by atoms with Crippen LogP contribution in [0.2, 0.25) is 0 Å². The molecular formula is C16H36IP. The Balaban J connectivity index is 0. The van der Waals surface area contributed by atoms with Gasteiger partial charge in [0, 0.05) is 0 Å². The first-order chi connectivity index (χ1) is 8.41. The van der Waals surface area contributed by atoms with Gasteiger partial charge < -0.3 is 0 Å². The summed E-state index contributed by atoms with van der Waals surface area (Å²) in [6.45, 7) is 2.29. The van der Waals surface area contributed by atoms with Gasteiger partial charge in [-0.05, 0) is 12.6 Å². The van der Waals surface area contributed by atoms with E-state index in [1.54, 1.807) is 0 Å². The van der Waals surface area contributed by atoms with E-state index in [1.165, 1.54) is 96.1 Å². The summed E-state index contributed by atoms with van der Waals surface area (Å²) in [4.78, 5) is 0. The lowest BCUT2D eigenvalue weighted by atomic mass is 10.0. The zero-order chi connectivity index (χ0) is 12.6. The second-order valence-corrected chi connectivity index (χ2v) is 5.96. The predicted molar refractivity (Wildman–Crippen MR) is 100 cm³/mol. The molecule has 0 aromatic rings. The second-order valence-electron chi connectivity index (χ2n) is 5.38. The standard InChI is InChI=1S/C16H35P.HI/c1-2-3-4-5-6-7-8-9-10-11-12-13-14-15-16-17;/h2-17H2,1H3;1H. The molecule has 0 aliphatic rings. The summed E-state index contributed by atoms with van der Waals surface area (Å²) in [6.07, 6.45) is 21.7. The molecule has 1 atom stereocenters. The van der Waals surface area contributed by atoms with Gasteiger partial charge in [-0.25, -0.2) is 0 Å². The molecule has 18 heavy (non-hydrogen) atoms. The predicted octanol–water partition coefficient (Wildman–Crippen LogP) is 6.96. The molecule has 0 rings (SSSR count). The van der Waals surface area contributed by atoms with E-state index in [9.17, 15) is 0 Å². The van der Waals surface area contributed by atoms with Crippen molar-refractivity contribution in [2.45, 2.75) is 96.8 Å². The minimum Gasteiger partial charge on any atom is -0.138 e. The first-order valence-electron chi connectivity index (χ1n) is 8.12. The van der Waals surface area contributed by atoms with Crippen molar-refractivity contribution in [1.29, 1.82) is 0 Å². The largest absolute Gasteiger partial charge is 0.138 e. The van der Waals surface area contributed by atoms with Crippen LogP contribution in [0.5, 0.6) is 0 Å². The van der Waals surface area contributed by atoms with Crippen LogP contribution in [0.4, 0.5) is 0 Å². The van der Waals surface area contributed by atoms with Gasteiger partial charge in [0.1, 0.15) is 0 Å². The number of hydrogen-bond acceptors (Lipinski definition) is 0. The van der Waals surface area contributed by atoms with Gasteiger partial charge in [0.05, 0.1) is 0 Å². The highest BCUT2D eigenvalue weighted by Crippen LogP contribution is 2.12. The van der Waals surface area contributed by atoms with Gasteiger partial charge in [0.2, 0.25) is 0 Å². The first kappa shape index (κ1) is 21.5. The molecule has 1 unspecified atom stereocenters. The molecule has 0 spiro atoms. The van der Waals surface area contributed by atoms with E-state index in [2.05, 4.69) is 16.2 Å². The Morgan fingerprint density at radius 1 is 0.500 bits per heavy atom. The van der Waals surface area contributed by atoms with Crippen LogP contribution in [0.15, 0.2) is 0 Å². The van der Waals surface area contributed by atoms with Gasteiger partial charge in [-0.2, -0.15) is 0 Å². The number of hydrogen-bond donors (Lipinski definition) is 0. The highest BCUT2D eigenvalue weighted by atomic mass is 127. The van der Waals surface area contributed by atoms with Crippen molar-refractivity contribution >= 4 is 33.2 Å². The lowest BCUT2D eigenvalue weighted by Crippen LogP contribution is -1.83. The van der Waals surface area contributed by atoms with Crippen LogP contribution in [0.25, 0.3) is 0 Å². The van der Waals surface area contributed by atoms with Crippen molar-refractivity contribution in [1.82, 2.24) is 0 Å². The molecule has 0 heterocycles. The molecule has 0 fully saturated rings. The molecule has 2 heteroatoms. The molecule has 0 aliphatic carbocycles. The minimum absolute atomic E-state index is 0. The molecular weight excluding hydrogens is 350 g/mol. The highest BCUT2D eigenvalue weighted by molar-refractivity contribution is 14.0. The smallest absolute Gasteiger partial charge is 0.0381 e. The summed E-state index contributed by atoms with van der Waals surface area (Å²) < 4.78 is 0. The summed E-state index contributed by atoms with van der Waals surface area (Å²) in [7, 11) is 2.82. The van der Waals surface area contributed by atoms with Crippen molar-refractivity contribution < 1.29 is 0 Å². The van der Waals surface area contributed by atoms with Crippen molar-refractivity contribution in [3.8, 4) is 0 Å². The monoisotopic (exact) mass is 386 g/mol. The zero-order valence-corrected chi connectivity index (χ0v) is 16.1. The van der Waals surface area contributed by atoms with Crippen LogP contribution in [-0.4, -0.2) is 6.16 Å². The fourth-order valence-electron chi connectivity index (χ4n) is 2.34. The van der Waals surface area contributed by atoms with Crippen molar-refractivity contribution in [3.63, 3.8) is 0 Å². The fourth-order valence-corrected chi connectivity index (χ4v) is 2.63. The summed E-state index contributed by atoms with van der Waals surface area (Å²) in [6, 6.07) is 0. The molecule has 0 saturated heterocycles. The molecule has 112 valence electrons. The normalized spacial score (nSPS) is 10.3. The van der Waals surface area contributed by atoms with Crippen LogP contribution < -0.4 is 0 Å². The Morgan fingerprint density at radius 2 is 0.778 bits per heavy atom. The molecule has 0 aromatic heterocycles. The van der Waals surface area contributed by atoms with Gasteiger partial charge in [-0.1, -0.05) is 90.4 Å². The molecule has 0 radical (unpaired) electrons. The summed E-state index contributed by atoms with van der Waals surface area (Å²) in [5.74, 6) is 0. The molecule has 0 bridgehead atoms. The van der Waals surface area contributed by atoms with Crippen LogP contribution in [0.3, 0.4) is 0 Å². The third-order valence-corrected chi connectivity index (χ3v) is 3.97. The Bertz CT molecular complexity index is 114. The average Bonchev–Trinajstić information content (AvgIpc) is 2.35. The SMILES string of the molecule is CCCCCCCCCCCCCCCCP.I. The Kier molecular flexibility index (Phi) is 24.4. The summed E-state index contributed by atoms with van der Waals surface area (Å²) in [5.41, 5.74) is 0. The number of rotatable bonds is 14. The van der Waals surface area contributed by atoms with E-state index in [0.717, 1.165) is 0 Å². The first-order valence-corrected chi connectivity index (χ1v) is 8.93. The van der Waals surface area contributed by atoms with E-state index in [-0.39, 0.29) is 24.0 Å². The van der Waals surface area contributed by atoms with Crippen LogP contribution in [0.1, 0.15) is 96.8 Å². The summed E-state index contributed by atoms with van der Waals surface area (Å²) in [5, 5.41) is 0. The van der Waals surface area contributed by atoms with E-state index < -0.39 is 0 Å². The number of unbranched alkanes of at least 4 members (excludes halogenated alkanes) is 13. The van der Waals surface area contributed by atoms with E-state index >= 15 is 0 Å². The molecule has 0 aromatic carbocycles. The molecule has 0 saturated carbocycles. The van der Waals surface area contributed by atoms with Gasteiger partial charge in [-0.3, -0.25) is 0 Å².